The molecular weight excluding hydrogens is 374 g/mol. The third kappa shape index (κ3) is 4.60. The van der Waals surface area contributed by atoms with Gasteiger partial charge in [-0.05, 0) is 58.6 Å². The molecule has 1 saturated heterocycles. The summed E-state index contributed by atoms with van der Waals surface area (Å²) in [5.74, 6) is 7.87. The van der Waals surface area contributed by atoms with Gasteiger partial charge in [-0.25, -0.2) is 4.68 Å². The van der Waals surface area contributed by atoms with Gasteiger partial charge >= 0.3 is 0 Å². The molecule has 152 valence electrons. The Morgan fingerprint density at radius 3 is 2.64 bits per heavy atom. The Hall–Kier alpha value is -2.22. The fourth-order valence-electron chi connectivity index (χ4n) is 3.72. The second-order valence-electron chi connectivity index (χ2n) is 7.55. The van der Waals surface area contributed by atoms with Crippen molar-refractivity contribution in [1.82, 2.24) is 19.8 Å². The highest BCUT2D eigenvalue weighted by molar-refractivity contribution is 7.99. The first-order valence-corrected chi connectivity index (χ1v) is 10.7. The zero-order chi connectivity index (χ0) is 20.3. The van der Waals surface area contributed by atoms with Crippen LogP contribution in [0.25, 0.3) is 0 Å². The summed E-state index contributed by atoms with van der Waals surface area (Å²) >= 11 is 1.32. The smallest absolute Gasteiger partial charge is 0.233 e. The second-order valence-corrected chi connectivity index (χ2v) is 8.49. The number of nitrogens with zero attached hydrogens (tertiary/aromatic N) is 4. The molecule has 1 aromatic carbocycles. The van der Waals surface area contributed by atoms with Crippen LogP contribution in [0.1, 0.15) is 50.1 Å². The number of nitrogens with two attached hydrogens (primary N) is 1. The average Bonchev–Trinajstić information content (AvgIpc) is 2.99. The quantitative estimate of drug-likeness (QED) is 0.589. The van der Waals surface area contributed by atoms with E-state index < -0.39 is 0 Å². The van der Waals surface area contributed by atoms with Crippen molar-refractivity contribution < 1.29 is 9.53 Å². The van der Waals surface area contributed by atoms with Crippen LogP contribution in [0.15, 0.2) is 23.4 Å². The zero-order valence-corrected chi connectivity index (χ0v) is 17.8. The van der Waals surface area contributed by atoms with E-state index in [1.807, 2.05) is 30.9 Å². The number of benzene rings is 1. The summed E-state index contributed by atoms with van der Waals surface area (Å²) < 4.78 is 7.24. The van der Waals surface area contributed by atoms with Crippen molar-refractivity contribution in [3.63, 3.8) is 0 Å². The molecule has 2 aromatic rings. The predicted molar refractivity (Wildman–Crippen MR) is 111 cm³/mol. The minimum Gasteiger partial charge on any atom is -0.485 e. The molecular formula is C20H29N5O2S. The summed E-state index contributed by atoms with van der Waals surface area (Å²) in [5, 5.41) is 8.75. The largest absolute Gasteiger partial charge is 0.485 e. The normalized spacial score (nSPS) is 19.6. The van der Waals surface area contributed by atoms with E-state index >= 15 is 0 Å². The van der Waals surface area contributed by atoms with Crippen molar-refractivity contribution in [1.29, 1.82) is 0 Å². The lowest BCUT2D eigenvalue weighted by Crippen LogP contribution is -2.48. The Morgan fingerprint density at radius 1 is 1.25 bits per heavy atom. The molecule has 28 heavy (non-hydrogen) atoms. The van der Waals surface area contributed by atoms with E-state index in [0.29, 0.717) is 16.7 Å². The SMILES string of the molecule is Cc1ccc(OCc2nnc(SCC(=O)N3C(C)CCCC3C)n2N)c(C)c1. The Morgan fingerprint density at radius 2 is 1.96 bits per heavy atom. The van der Waals surface area contributed by atoms with Crippen molar-refractivity contribution in [2.45, 2.75) is 70.8 Å². The lowest BCUT2D eigenvalue weighted by atomic mass is 9.98. The Kier molecular flexibility index (Phi) is 6.49. The number of ether oxygens (including phenoxy) is 1. The molecule has 1 aliphatic rings. The number of amides is 1. The molecule has 1 aliphatic heterocycles. The highest BCUT2D eigenvalue weighted by atomic mass is 32.2. The number of rotatable bonds is 6. The highest BCUT2D eigenvalue weighted by Gasteiger charge is 2.29. The molecule has 2 N–H and O–H groups in total. The van der Waals surface area contributed by atoms with Gasteiger partial charge in [-0.3, -0.25) is 4.79 Å². The van der Waals surface area contributed by atoms with Crippen LogP contribution >= 0.6 is 11.8 Å². The lowest BCUT2D eigenvalue weighted by Gasteiger charge is -2.39. The number of thioether (sulfide) groups is 1. The van der Waals surface area contributed by atoms with E-state index in [1.165, 1.54) is 28.4 Å². The van der Waals surface area contributed by atoms with Gasteiger partial charge in [0.05, 0.1) is 5.75 Å². The third-order valence-electron chi connectivity index (χ3n) is 5.23. The van der Waals surface area contributed by atoms with Gasteiger partial charge in [-0.15, -0.1) is 10.2 Å². The van der Waals surface area contributed by atoms with Crippen LogP contribution in [-0.2, 0) is 11.4 Å². The standard InChI is InChI=1S/C20H29N5O2S/c1-13-8-9-17(14(2)10-13)27-11-18-22-23-20(25(18)21)28-12-19(26)24-15(3)6-5-7-16(24)4/h8-10,15-16H,5-7,11-12,21H2,1-4H3. The molecule has 1 fully saturated rings. The fourth-order valence-corrected chi connectivity index (χ4v) is 4.47. The van der Waals surface area contributed by atoms with Gasteiger partial charge in [0.15, 0.2) is 5.82 Å². The van der Waals surface area contributed by atoms with Crippen molar-refractivity contribution in [3.05, 3.63) is 35.2 Å². The number of piperidine rings is 1. The summed E-state index contributed by atoms with van der Waals surface area (Å²) in [6.45, 7) is 8.51. The molecule has 0 bridgehead atoms. The number of aromatic nitrogens is 3. The van der Waals surface area contributed by atoms with Gasteiger partial charge in [-0.2, -0.15) is 0 Å². The molecule has 2 unspecified atom stereocenters. The van der Waals surface area contributed by atoms with Crippen LogP contribution in [0.4, 0.5) is 0 Å². The number of hydrogen-bond donors (Lipinski definition) is 1. The first-order chi connectivity index (χ1) is 13.4. The number of likely N-dealkylation sites (tertiary alicyclic amines) is 1. The van der Waals surface area contributed by atoms with Crippen LogP contribution in [-0.4, -0.2) is 43.5 Å². The Balaban J connectivity index is 1.57. The van der Waals surface area contributed by atoms with E-state index in [4.69, 9.17) is 10.6 Å². The van der Waals surface area contributed by atoms with Crippen LogP contribution < -0.4 is 10.6 Å². The second kappa shape index (κ2) is 8.86. The van der Waals surface area contributed by atoms with Crippen molar-refractivity contribution >= 4 is 17.7 Å². The highest BCUT2D eigenvalue weighted by Crippen LogP contribution is 2.25. The van der Waals surface area contributed by atoms with Crippen LogP contribution in [0, 0.1) is 13.8 Å². The summed E-state index contributed by atoms with van der Waals surface area (Å²) in [6, 6.07) is 6.59. The number of carbonyl (C=O) groups is 1. The number of nitrogen functional groups attached to an aromatic ring is 1. The van der Waals surface area contributed by atoms with E-state index in [-0.39, 0.29) is 24.6 Å². The summed E-state index contributed by atoms with van der Waals surface area (Å²) in [5.41, 5.74) is 2.25. The van der Waals surface area contributed by atoms with Crippen molar-refractivity contribution in [2.24, 2.45) is 0 Å². The zero-order valence-electron chi connectivity index (χ0n) is 17.0. The number of aryl methyl sites for hydroxylation is 2. The van der Waals surface area contributed by atoms with Gasteiger partial charge < -0.3 is 15.5 Å². The first-order valence-electron chi connectivity index (χ1n) is 9.70. The molecule has 0 spiro atoms. The summed E-state index contributed by atoms with van der Waals surface area (Å²) in [6.07, 6.45) is 3.31. The van der Waals surface area contributed by atoms with E-state index in [9.17, 15) is 4.79 Å². The Labute approximate surface area is 170 Å². The minimum absolute atomic E-state index is 0.126. The fraction of sp³-hybridized carbons (Fsp3) is 0.550. The van der Waals surface area contributed by atoms with Gasteiger partial charge in [0, 0.05) is 12.1 Å². The molecule has 2 atom stereocenters. The minimum atomic E-state index is 0.126. The van der Waals surface area contributed by atoms with Crippen LogP contribution in [0.5, 0.6) is 5.75 Å². The molecule has 1 aromatic heterocycles. The van der Waals surface area contributed by atoms with Crippen LogP contribution in [0.2, 0.25) is 0 Å². The maximum atomic E-state index is 12.7. The van der Waals surface area contributed by atoms with Crippen molar-refractivity contribution in [2.75, 3.05) is 11.6 Å². The summed E-state index contributed by atoms with van der Waals surface area (Å²) in [7, 11) is 0. The molecule has 2 heterocycles. The van der Waals surface area contributed by atoms with E-state index in [2.05, 4.69) is 30.1 Å². The van der Waals surface area contributed by atoms with E-state index in [1.54, 1.807) is 0 Å². The number of carbonyl (C=O) groups excluding carboxylic acids is 1. The molecule has 0 saturated carbocycles. The number of hydrogen-bond acceptors (Lipinski definition) is 6. The topological polar surface area (TPSA) is 86.3 Å². The van der Waals surface area contributed by atoms with Gasteiger partial charge in [-0.1, -0.05) is 29.5 Å². The van der Waals surface area contributed by atoms with Gasteiger partial charge in [0.2, 0.25) is 11.1 Å². The van der Waals surface area contributed by atoms with Crippen molar-refractivity contribution in [3.8, 4) is 5.75 Å². The first kappa shape index (κ1) is 20.5. The molecule has 0 aliphatic carbocycles. The third-order valence-corrected chi connectivity index (χ3v) is 6.16. The molecule has 0 radical (unpaired) electrons. The monoisotopic (exact) mass is 403 g/mol. The predicted octanol–water partition coefficient (Wildman–Crippen LogP) is 3.07. The lowest BCUT2D eigenvalue weighted by molar-refractivity contribution is -0.134. The maximum Gasteiger partial charge on any atom is 0.233 e. The van der Waals surface area contributed by atoms with E-state index in [0.717, 1.165) is 24.2 Å². The summed E-state index contributed by atoms with van der Waals surface area (Å²) in [4.78, 5) is 14.7. The average molecular weight is 404 g/mol. The van der Waals surface area contributed by atoms with Gasteiger partial charge in [0.25, 0.3) is 0 Å². The van der Waals surface area contributed by atoms with Gasteiger partial charge in [0.1, 0.15) is 12.4 Å². The molecule has 1 amide bonds. The Bertz CT molecular complexity index is 828. The molecule has 8 heteroatoms. The van der Waals surface area contributed by atoms with Crippen LogP contribution in [0.3, 0.4) is 0 Å². The molecule has 3 rings (SSSR count). The maximum absolute atomic E-state index is 12.7. The molecule has 7 nitrogen and oxygen atoms in total.